The maximum absolute atomic E-state index is 11.9. The molecule has 1 fully saturated rings. The van der Waals surface area contributed by atoms with Crippen molar-refractivity contribution in [3.05, 3.63) is 29.8 Å². The van der Waals surface area contributed by atoms with Crippen LogP contribution >= 0.6 is 0 Å². The molecule has 1 aromatic carbocycles. The fourth-order valence-corrected chi connectivity index (χ4v) is 2.66. The molecule has 1 aliphatic rings. The van der Waals surface area contributed by atoms with E-state index in [0.717, 1.165) is 37.0 Å². The van der Waals surface area contributed by atoms with Crippen LogP contribution in [0.1, 0.15) is 44.1 Å². The summed E-state index contributed by atoms with van der Waals surface area (Å²) in [5, 5.41) is 0. The van der Waals surface area contributed by atoms with Gasteiger partial charge in [0.1, 0.15) is 24.5 Å². The van der Waals surface area contributed by atoms with Gasteiger partial charge in [-0.3, -0.25) is 9.59 Å². The van der Waals surface area contributed by atoms with Crippen LogP contribution in [0.5, 0.6) is 5.75 Å². The topological polar surface area (TPSA) is 87.9 Å². The van der Waals surface area contributed by atoms with Gasteiger partial charge in [0.15, 0.2) is 0 Å². The first-order chi connectivity index (χ1) is 11.6. The zero-order valence-electron chi connectivity index (χ0n) is 14.0. The molecule has 0 heterocycles. The standard InChI is InChI=1S/C18H25NO5/c1-22-14-9-7-13(8-10-14)12-23-18(21)16(19)11-17(20)24-15-5-3-2-4-6-15/h7-10,15-16H,2-6,11-12,19H2,1H3/t16-/m1/s1. The zero-order valence-corrected chi connectivity index (χ0v) is 14.0. The van der Waals surface area contributed by atoms with Crippen molar-refractivity contribution in [2.24, 2.45) is 5.73 Å². The highest BCUT2D eigenvalue weighted by Crippen LogP contribution is 2.20. The number of nitrogens with two attached hydrogens (primary N) is 1. The first-order valence-electron chi connectivity index (χ1n) is 8.33. The number of hydrogen-bond donors (Lipinski definition) is 1. The summed E-state index contributed by atoms with van der Waals surface area (Å²) in [6, 6.07) is 6.17. The molecule has 2 rings (SSSR count). The van der Waals surface area contributed by atoms with Gasteiger partial charge in [0.05, 0.1) is 13.5 Å². The van der Waals surface area contributed by atoms with Gasteiger partial charge in [0, 0.05) is 0 Å². The number of benzene rings is 1. The van der Waals surface area contributed by atoms with Crippen LogP contribution in [0.2, 0.25) is 0 Å². The van der Waals surface area contributed by atoms with Gasteiger partial charge in [0.2, 0.25) is 0 Å². The lowest BCUT2D eigenvalue weighted by atomic mass is 9.98. The molecule has 132 valence electrons. The second kappa shape index (κ2) is 9.27. The van der Waals surface area contributed by atoms with Crippen LogP contribution in [-0.4, -0.2) is 31.2 Å². The Hall–Kier alpha value is -2.08. The molecule has 0 aromatic heterocycles. The Morgan fingerprint density at radius 1 is 1.17 bits per heavy atom. The van der Waals surface area contributed by atoms with E-state index in [1.54, 1.807) is 31.4 Å². The molecule has 1 atom stereocenters. The Bertz CT molecular complexity index is 537. The van der Waals surface area contributed by atoms with E-state index in [9.17, 15) is 9.59 Å². The molecule has 0 spiro atoms. The lowest BCUT2D eigenvalue weighted by molar-refractivity contribution is -0.156. The summed E-state index contributed by atoms with van der Waals surface area (Å²) in [7, 11) is 1.58. The van der Waals surface area contributed by atoms with Gasteiger partial charge in [-0.05, 0) is 43.4 Å². The smallest absolute Gasteiger partial charge is 0.323 e. The van der Waals surface area contributed by atoms with Crippen molar-refractivity contribution in [1.82, 2.24) is 0 Å². The summed E-state index contributed by atoms with van der Waals surface area (Å²) in [5.41, 5.74) is 6.56. The average Bonchev–Trinajstić information content (AvgIpc) is 2.60. The summed E-state index contributed by atoms with van der Waals surface area (Å²) < 4.78 is 15.6. The van der Waals surface area contributed by atoms with E-state index in [1.165, 1.54) is 6.42 Å². The van der Waals surface area contributed by atoms with E-state index in [0.29, 0.717) is 0 Å². The van der Waals surface area contributed by atoms with Crippen molar-refractivity contribution in [1.29, 1.82) is 0 Å². The third-order valence-electron chi connectivity index (χ3n) is 4.08. The predicted octanol–water partition coefficient (Wildman–Crippen LogP) is 2.33. The normalized spacial score (nSPS) is 16.2. The first-order valence-corrected chi connectivity index (χ1v) is 8.33. The summed E-state index contributed by atoms with van der Waals surface area (Å²) in [6.45, 7) is 0.105. The Kier molecular flexibility index (Phi) is 7.06. The van der Waals surface area contributed by atoms with Gasteiger partial charge in [-0.1, -0.05) is 18.6 Å². The molecule has 0 radical (unpaired) electrons. The van der Waals surface area contributed by atoms with Gasteiger partial charge in [-0.15, -0.1) is 0 Å². The molecule has 0 unspecified atom stereocenters. The fourth-order valence-electron chi connectivity index (χ4n) is 2.66. The highest BCUT2D eigenvalue weighted by atomic mass is 16.5. The average molecular weight is 335 g/mol. The van der Waals surface area contributed by atoms with Gasteiger partial charge < -0.3 is 19.9 Å². The third kappa shape index (κ3) is 5.85. The molecule has 0 saturated heterocycles. The molecule has 0 amide bonds. The lowest BCUT2D eigenvalue weighted by Gasteiger charge is -2.22. The van der Waals surface area contributed by atoms with Crippen LogP contribution < -0.4 is 10.5 Å². The van der Waals surface area contributed by atoms with Crippen molar-refractivity contribution in [3.8, 4) is 5.75 Å². The quantitative estimate of drug-likeness (QED) is 0.770. The number of carbonyl (C=O) groups is 2. The minimum absolute atomic E-state index is 0.0335. The Balaban J connectivity index is 1.71. The van der Waals surface area contributed by atoms with Gasteiger partial charge >= 0.3 is 11.9 Å². The second-order valence-electron chi connectivity index (χ2n) is 6.02. The summed E-state index contributed by atoms with van der Waals surface area (Å²) in [4.78, 5) is 23.7. The van der Waals surface area contributed by atoms with Crippen LogP contribution in [0.15, 0.2) is 24.3 Å². The molecule has 0 aliphatic heterocycles. The van der Waals surface area contributed by atoms with E-state index in [4.69, 9.17) is 19.9 Å². The number of methoxy groups -OCH3 is 1. The molecular formula is C18H25NO5. The van der Waals surface area contributed by atoms with Gasteiger partial charge in [-0.25, -0.2) is 0 Å². The van der Waals surface area contributed by atoms with Crippen molar-refractivity contribution < 1.29 is 23.8 Å². The van der Waals surface area contributed by atoms with E-state index >= 15 is 0 Å². The SMILES string of the molecule is COc1ccc(COC(=O)[C@H](N)CC(=O)OC2CCCCC2)cc1. The molecule has 6 heteroatoms. The summed E-state index contributed by atoms with van der Waals surface area (Å²) in [5.74, 6) is -0.311. The lowest BCUT2D eigenvalue weighted by Crippen LogP contribution is -2.36. The number of hydrogen-bond acceptors (Lipinski definition) is 6. The Labute approximate surface area is 142 Å². The van der Waals surface area contributed by atoms with Crippen molar-refractivity contribution in [2.75, 3.05) is 7.11 Å². The van der Waals surface area contributed by atoms with Gasteiger partial charge in [-0.2, -0.15) is 0 Å². The van der Waals surface area contributed by atoms with Crippen LogP contribution in [0, 0.1) is 0 Å². The summed E-state index contributed by atoms with van der Waals surface area (Å²) >= 11 is 0. The van der Waals surface area contributed by atoms with Crippen LogP contribution in [0.3, 0.4) is 0 Å². The highest BCUT2D eigenvalue weighted by molar-refractivity contribution is 5.82. The van der Waals surface area contributed by atoms with Crippen LogP contribution in [-0.2, 0) is 25.7 Å². The van der Waals surface area contributed by atoms with Crippen LogP contribution in [0.25, 0.3) is 0 Å². The molecule has 2 N–H and O–H groups in total. The number of ether oxygens (including phenoxy) is 3. The van der Waals surface area contributed by atoms with Gasteiger partial charge in [0.25, 0.3) is 0 Å². The molecule has 1 aromatic rings. The maximum Gasteiger partial charge on any atom is 0.323 e. The molecular weight excluding hydrogens is 310 g/mol. The maximum atomic E-state index is 11.9. The predicted molar refractivity (Wildman–Crippen MR) is 88.3 cm³/mol. The molecule has 1 aliphatic carbocycles. The molecule has 24 heavy (non-hydrogen) atoms. The molecule has 1 saturated carbocycles. The highest BCUT2D eigenvalue weighted by Gasteiger charge is 2.23. The van der Waals surface area contributed by atoms with Crippen molar-refractivity contribution in [2.45, 2.75) is 57.3 Å². The minimum atomic E-state index is -1.00. The zero-order chi connectivity index (χ0) is 17.4. The van der Waals surface area contributed by atoms with Crippen LogP contribution in [0.4, 0.5) is 0 Å². The first kappa shape index (κ1) is 18.3. The summed E-state index contributed by atoms with van der Waals surface area (Å²) in [6.07, 6.45) is 4.94. The van der Waals surface area contributed by atoms with Crippen molar-refractivity contribution in [3.63, 3.8) is 0 Å². The van der Waals surface area contributed by atoms with E-state index in [1.807, 2.05) is 0 Å². The Morgan fingerprint density at radius 3 is 2.46 bits per heavy atom. The van der Waals surface area contributed by atoms with E-state index in [-0.39, 0.29) is 19.1 Å². The van der Waals surface area contributed by atoms with Crippen molar-refractivity contribution >= 4 is 11.9 Å². The Morgan fingerprint density at radius 2 is 1.83 bits per heavy atom. The molecule has 6 nitrogen and oxygen atoms in total. The second-order valence-corrected chi connectivity index (χ2v) is 6.02. The monoisotopic (exact) mass is 335 g/mol. The van der Waals surface area contributed by atoms with E-state index < -0.39 is 18.0 Å². The van der Waals surface area contributed by atoms with E-state index in [2.05, 4.69) is 0 Å². The molecule has 0 bridgehead atoms. The largest absolute Gasteiger partial charge is 0.497 e. The number of carbonyl (C=O) groups excluding carboxylic acids is 2. The minimum Gasteiger partial charge on any atom is -0.497 e. The fraction of sp³-hybridized carbons (Fsp3) is 0.556. The third-order valence-corrected chi connectivity index (χ3v) is 4.08. The number of rotatable bonds is 7. The number of esters is 2.